The minimum Gasteiger partial charge on any atom is -0.296 e. The molecule has 0 aliphatic heterocycles. The van der Waals surface area contributed by atoms with Crippen LogP contribution in [0.4, 0.5) is 5.13 Å². The van der Waals surface area contributed by atoms with E-state index in [1.54, 1.807) is 0 Å². The smallest absolute Gasteiger partial charge is 0.278 e. The molecule has 0 spiro atoms. The molecule has 2 N–H and O–H groups in total. The van der Waals surface area contributed by atoms with Crippen molar-refractivity contribution in [2.75, 3.05) is 5.32 Å². The molecule has 2 heterocycles. The van der Waals surface area contributed by atoms with E-state index in [4.69, 9.17) is 0 Å². The second-order valence-corrected chi connectivity index (χ2v) is 6.28. The number of aromatic amines is 1. The normalized spacial score (nSPS) is 11.2. The highest BCUT2D eigenvalue weighted by atomic mass is 32.1. The zero-order valence-electron chi connectivity index (χ0n) is 12.5. The molecule has 0 aliphatic carbocycles. The fourth-order valence-electron chi connectivity index (χ4n) is 2.54. The summed E-state index contributed by atoms with van der Waals surface area (Å²) in [4.78, 5) is 16.9. The lowest BCUT2D eigenvalue weighted by atomic mass is 10.2. The fourth-order valence-corrected chi connectivity index (χ4v) is 3.46. The van der Waals surface area contributed by atoms with E-state index in [2.05, 4.69) is 39.6 Å². The maximum atomic E-state index is 12.5. The Bertz CT molecular complexity index is 1020. The number of aromatic nitrogens is 3. The summed E-state index contributed by atoms with van der Waals surface area (Å²) in [5.74, 6) is -0.253. The first-order valence-electron chi connectivity index (χ1n) is 7.38. The van der Waals surface area contributed by atoms with E-state index in [0.717, 1.165) is 27.5 Å². The Balaban J connectivity index is 1.66. The molecule has 0 aliphatic rings. The zero-order valence-corrected chi connectivity index (χ0v) is 13.3. The molecule has 0 fully saturated rings. The Morgan fingerprint density at radius 3 is 3.00 bits per heavy atom. The van der Waals surface area contributed by atoms with Crippen molar-refractivity contribution in [1.29, 1.82) is 0 Å². The maximum absolute atomic E-state index is 12.5. The molecule has 0 unspecified atom stereocenters. The van der Waals surface area contributed by atoms with Gasteiger partial charge in [-0.1, -0.05) is 42.5 Å². The van der Waals surface area contributed by atoms with Crippen LogP contribution in [0, 0.1) is 0 Å². The Labute approximate surface area is 136 Å². The van der Waals surface area contributed by atoms with E-state index in [1.165, 1.54) is 16.9 Å². The van der Waals surface area contributed by atoms with E-state index >= 15 is 0 Å². The number of carbonyl (C=O) groups is 1. The first kappa shape index (κ1) is 13.9. The van der Waals surface area contributed by atoms with Crippen LogP contribution in [-0.4, -0.2) is 21.1 Å². The molecule has 0 atom stereocenters. The molecule has 5 nitrogen and oxygen atoms in total. The number of fused-ring (bicyclic) bond motifs is 2. The molecule has 4 aromatic rings. The van der Waals surface area contributed by atoms with Crippen LogP contribution in [-0.2, 0) is 6.42 Å². The molecule has 4 rings (SSSR count). The molecule has 2 aromatic heterocycles. The van der Waals surface area contributed by atoms with Crippen molar-refractivity contribution in [3.63, 3.8) is 0 Å². The number of amides is 1. The van der Waals surface area contributed by atoms with Crippen LogP contribution in [0.2, 0.25) is 0 Å². The largest absolute Gasteiger partial charge is 0.296 e. The summed E-state index contributed by atoms with van der Waals surface area (Å²) in [7, 11) is 0. The van der Waals surface area contributed by atoms with E-state index in [-0.39, 0.29) is 5.91 Å². The zero-order chi connectivity index (χ0) is 15.8. The first-order valence-corrected chi connectivity index (χ1v) is 8.20. The summed E-state index contributed by atoms with van der Waals surface area (Å²) in [6.07, 6.45) is 0.981. The molecule has 2 aromatic carbocycles. The number of nitrogens with zero attached hydrogens (tertiary/aromatic N) is 2. The number of nitrogens with one attached hydrogen (secondary N) is 2. The molecule has 0 saturated carbocycles. The van der Waals surface area contributed by atoms with Crippen LogP contribution < -0.4 is 5.32 Å². The minimum absolute atomic E-state index is 0.253. The van der Waals surface area contributed by atoms with Gasteiger partial charge in [-0.15, -0.1) is 0 Å². The monoisotopic (exact) mass is 322 g/mol. The van der Waals surface area contributed by atoms with Crippen molar-refractivity contribution in [2.45, 2.75) is 13.3 Å². The minimum atomic E-state index is -0.253. The Morgan fingerprint density at radius 2 is 2.13 bits per heavy atom. The summed E-state index contributed by atoms with van der Waals surface area (Å²) in [6, 6.07) is 13.7. The predicted molar refractivity (Wildman–Crippen MR) is 93.0 cm³/mol. The van der Waals surface area contributed by atoms with Crippen molar-refractivity contribution in [1.82, 2.24) is 15.2 Å². The SMILES string of the molecule is CCc1ccc2nc(NC(=O)c3n[nH]c4ccccc34)sc2c1. The third-order valence-electron chi connectivity index (χ3n) is 3.77. The number of aryl methyl sites for hydroxylation is 1. The number of carbonyl (C=O) groups excluding carboxylic acids is 1. The van der Waals surface area contributed by atoms with E-state index in [9.17, 15) is 4.79 Å². The van der Waals surface area contributed by atoms with Gasteiger partial charge in [-0.05, 0) is 30.2 Å². The molecule has 1 amide bonds. The molecule has 6 heteroatoms. The number of benzene rings is 2. The number of hydrogen-bond acceptors (Lipinski definition) is 4. The van der Waals surface area contributed by atoms with Crippen LogP contribution in [0.1, 0.15) is 23.0 Å². The molecule has 0 saturated heterocycles. The summed E-state index contributed by atoms with van der Waals surface area (Å²) in [5, 5.41) is 11.2. The van der Waals surface area contributed by atoms with Gasteiger partial charge < -0.3 is 0 Å². The van der Waals surface area contributed by atoms with Crippen molar-refractivity contribution in [2.24, 2.45) is 0 Å². The maximum Gasteiger partial charge on any atom is 0.278 e. The number of H-pyrrole nitrogens is 1. The van der Waals surface area contributed by atoms with Gasteiger partial charge in [0.2, 0.25) is 0 Å². The van der Waals surface area contributed by atoms with Gasteiger partial charge in [0.25, 0.3) is 5.91 Å². The van der Waals surface area contributed by atoms with Gasteiger partial charge in [-0.2, -0.15) is 5.10 Å². The van der Waals surface area contributed by atoms with E-state index in [0.29, 0.717) is 10.8 Å². The Kier molecular flexibility index (Phi) is 3.31. The highest BCUT2D eigenvalue weighted by Gasteiger charge is 2.15. The molecule has 0 bridgehead atoms. The number of para-hydroxylation sites is 1. The number of hydrogen-bond donors (Lipinski definition) is 2. The number of rotatable bonds is 3. The van der Waals surface area contributed by atoms with Gasteiger partial charge in [0.15, 0.2) is 10.8 Å². The van der Waals surface area contributed by atoms with Gasteiger partial charge in [0, 0.05) is 5.39 Å². The van der Waals surface area contributed by atoms with Crippen molar-refractivity contribution in [3.05, 3.63) is 53.7 Å². The van der Waals surface area contributed by atoms with Crippen LogP contribution >= 0.6 is 11.3 Å². The molecule has 114 valence electrons. The Morgan fingerprint density at radius 1 is 1.26 bits per heavy atom. The molecule has 23 heavy (non-hydrogen) atoms. The first-order chi connectivity index (χ1) is 11.2. The van der Waals surface area contributed by atoms with E-state index in [1.807, 2.05) is 30.3 Å². The van der Waals surface area contributed by atoms with Gasteiger partial charge in [0.1, 0.15) is 0 Å². The van der Waals surface area contributed by atoms with E-state index < -0.39 is 0 Å². The second kappa shape index (κ2) is 5.48. The number of anilines is 1. The average Bonchev–Trinajstić information content (AvgIpc) is 3.17. The van der Waals surface area contributed by atoms with Crippen LogP contribution in [0.5, 0.6) is 0 Å². The van der Waals surface area contributed by atoms with Gasteiger partial charge in [-0.3, -0.25) is 15.2 Å². The average molecular weight is 322 g/mol. The highest BCUT2D eigenvalue weighted by molar-refractivity contribution is 7.22. The van der Waals surface area contributed by atoms with Crippen LogP contribution in [0.25, 0.3) is 21.1 Å². The third-order valence-corrected chi connectivity index (χ3v) is 4.70. The van der Waals surface area contributed by atoms with Crippen LogP contribution in [0.15, 0.2) is 42.5 Å². The Hall–Kier alpha value is -2.73. The third kappa shape index (κ3) is 2.47. The summed E-state index contributed by atoms with van der Waals surface area (Å²) < 4.78 is 1.08. The van der Waals surface area contributed by atoms with Crippen molar-refractivity contribution in [3.8, 4) is 0 Å². The quantitative estimate of drug-likeness (QED) is 0.599. The van der Waals surface area contributed by atoms with Crippen molar-refractivity contribution < 1.29 is 4.79 Å². The van der Waals surface area contributed by atoms with Gasteiger partial charge in [0.05, 0.1) is 15.7 Å². The molecule has 0 radical (unpaired) electrons. The fraction of sp³-hybridized carbons (Fsp3) is 0.118. The summed E-state index contributed by atoms with van der Waals surface area (Å²) in [6.45, 7) is 2.12. The summed E-state index contributed by atoms with van der Waals surface area (Å²) in [5.41, 5.74) is 3.38. The standard InChI is InChI=1S/C17H14N4OS/c1-2-10-7-8-13-14(9-10)23-17(18-13)19-16(22)15-11-5-3-4-6-12(11)20-21-15/h3-9H,2H2,1H3,(H,20,21)(H,18,19,22). The van der Waals surface area contributed by atoms with Gasteiger partial charge >= 0.3 is 0 Å². The molecular formula is C17H14N4OS. The predicted octanol–water partition coefficient (Wildman–Crippen LogP) is 3.99. The lowest BCUT2D eigenvalue weighted by Gasteiger charge is -1.98. The van der Waals surface area contributed by atoms with Crippen molar-refractivity contribution >= 4 is 43.5 Å². The molecular weight excluding hydrogens is 308 g/mol. The second-order valence-electron chi connectivity index (χ2n) is 5.25. The summed E-state index contributed by atoms with van der Waals surface area (Å²) >= 11 is 1.48. The topological polar surface area (TPSA) is 70.7 Å². The van der Waals surface area contributed by atoms with Gasteiger partial charge in [-0.25, -0.2) is 4.98 Å². The lowest BCUT2D eigenvalue weighted by Crippen LogP contribution is -2.12. The highest BCUT2D eigenvalue weighted by Crippen LogP contribution is 2.27. The number of thiazole rings is 1. The van der Waals surface area contributed by atoms with Crippen LogP contribution in [0.3, 0.4) is 0 Å². The lowest BCUT2D eigenvalue weighted by molar-refractivity contribution is 0.102.